The van der Waals surface area contributed by atoms with Crippen molar-refractivity contribution in [2.75, 3.05) is 33.4 Å². The second-order valence-corrected chi connectivity index (χ2v) is 17.5. The summed E-state index contributed by atoms with van der Waals surface area (Å²) in [6.45, 7) is 3.75. The summed E-state index contributed by atoms with van der Waals surface area (Å²) in [7, 11) is 1.53. The molecule has 3 heterocycles. The number of H-pyrrole nitrogens is 1. The number of aromatic amines is 1. The highest BCUT2D eigenvalue weighted by Gasteiger charge is 2.42. The molecule has 65 heavy (non-hydrogen) atoms. The minimum atomic E-state index is -2.03. The number of aromatic nitrogens is 1. The number of nitrogens with one attached hydrogen (secondary N) is 3. The Morgan fingerprint density at radius 1 is 0.862 bits per heavy atom. The van der Waals surface area contributed by atoms with Crippen molar-refractivity contribution in [1.29, 1.82) is 0 Å². The van der Waals surface area contributed by atoms with Crippen molar-refractivity contribution >= 4 is 34.1 Å². The molecule has 2 atom stereocenters. The van der Waals surface area contributed by atoms with Crippen LogP contribution in [0.1, 0.15) is 62.0 Å². The predicted molar refractivity (Wildman–Crippen MR) is 252 cm³/mol. The van der Waals surface area contributed by atoms with Gasteiger partial charge in [0.1, 0.15) is 11.5 Å². The number of carbonyl (C=O) groups excluding carboxylic acids is 2. The van der Waals surface area contributed by atoms with Gasteiger partial charge in [-0.25, -0.2) is 4.79 Å². The van der Waals surface area contributed by atoms with Gasteiger partial charge in [-0.3, -0.25) is 14.5 Å². The van der Waals surface area contributed by atoms with E-state index in [9.17, 15) is 29.7 Å². The smallest absolute Gasteiger partial charge is 0.347 e. The van der Waals surface area contributed by atoms with Gasteiger partial charge >= 0.3 is 5.97 Å². The summed E-state index contributed by atoms with van der Waals surface area (Å²) in [5, 5.41) is 40.3. The maximum atomic E-state index is 14.0. The van der Waals surface area contributed by atoms with E-state index in [4.69, 9.17) is 9.47 Å². The van der Waals surface area contributed by atoms with E-state index in [1.54, 1.807) is 60.7 Å². The number of piperidine rings is 1. The van der Waals surface area contributed by atoms with E-state index in [-0.39, 0.29) is 48.3 Å². The number of aliphatic hydroxyl groups is 2. The van der Waals surface area contributed by atoms with Crippen LogP contribution in [0.2, 0.25) is 0 Å². The summed E-state index contributed by atoms with van der Waals surface area (Å²) in [6, 6.07) is 41.7. The van der Waals surface area contributed by atoms with E-state index in [2.05, 4.69) is 44.8 Å². The number of benzene rings is 5. The number of hydrogen-bond donors (Lipinski definition) is 6. The molecule has 0 aliphatic carbocycles. The van der Waals surface area contributed by atoms with Crippen LogP contribution in [0.25, 0.3) is 21.3 Å². The van der Waals surface area contributed by atoms with E-state index in [1.165, 1.54) is 36.1 Å². The number of phenolic OH excluding ortho intramolecular Hbond substituents is 1. The van der Waals surface area contributed by atoms with E-state index in [0.717, 1.165) is 53.4 Å². The van der Waals surface area contributed by atoms with Crippen LogP contribution in [0.3, 0.4) is 0 Å². The van der Waals surface area contributed by atoms with Gasteiger partial charge in [0.2, 0.25) is 11.2 Å². The molecule has 6 N–H and O–H groups in total. The van der Waals surface area contributed by atoms with Crippen molar-refractivity contribution in [2.45, 2.75) is 44.2 Å². The van der Waals surface area contributed by atoms with Gasteiger partial charge in [-0.05, 0) is 96.6 Å². The number of thiophene rings is 1. The molecular formula is C52H52N4O8S. The fraction of sp³-hybridized carbons (Fsp3) is 0.250. The number of nitrogens with zero attached hydrogens (tertiary/aromatic N) is 1. The first-order valence-corrected chi connectivity index (χ1v) is 22.5. The molecule has 1 fully saturated rings. The lowest BCUT2D eigenvalue weighted by Crippen LogP contribution is -2.40. The minimum Gasteiger partial charge on any atom is -0.506 e. The second-order valence-electron chi connectivity index (χ2n) is 16.4. The number of phenols is 1. The molecule has 1 amide bonds. The van der Waals surface area contributed by atoms with Crippen LogP contribution in [0, 0.1) is 5.92 Å². The third-order valence-corrected chi connectivity index (χ3v) is 13.1. The van der Waals surface area contributed by atoms with Crippen molar-refractivity contribution in [3.8, 4) is 21.9 Å². The number of aliphatic hydroxyl groups excluding tert-OH is 1. The molecule has 7 aromatic rings. The monoisotopic (exact) mass is 892 g/mol. The maximum Gasteiger partial charge on any atom is 0.347 e. The fourth-order valence-electron chi connectivity index (χ4n) is 8.36. The van der Waals surface area contributed by atoms with Crippen LogP contribution in [0.15, 0.2) is 144 Å². The number of ether oxygens (including phenoxy) is 2. The second kappa shape index (κ2) is 20.5. The number of amides is 1. The third kappa shape index (κ3) is 10.5. The zero-order chi connectivity index (χ0) is 45.3. The lowest BCUT2D eigenvalue weighted by Gasteiger charge is -2.33. The number of fused-ring (bicyclic) bond motifs is 1. The molecule has 0 radical (unpaired) electrons. The molecule has 8 rings (SSSR count). The number of aromatic hydroxyl groups is 1. The molecule has 1 aliphatic heterocycles. The quantitative estimate of drug-likeness (QED) is 0.0506. The van der Waals surface area contributed by atoms with Crippen LogP contribution < -0.4 is 20.9 Å². The van der Waals surface area contributed by atoms with Crippen molar-refractivity contribution < 1.29 is 34.4 Å². The average molecular weight is 893 g/mol. The molecule has 2 aromatic heterocycles. The molecule has 0 bridgehead atoms. The molecule has 1 saturated heterocycles. The molecular weight excluding hydrogens is 841 g/mol. The van der Waals surface area contributed by atoms with Crippen molar-refractivity contribution in [3.63, 3.8) is 0 Å². The van der Waals surface area contributed by atoms with Crippen LogP contribution >= 0.6 is 11.3 Å². The first-order valence-electron chi connectivity index (χ1n) is 21.7. The average Bonchev–Trinajstić information content (AvgIpc) is 3.83. The SMILES string of the molecule is COc1cc(C(=O)NCc2ccc(-c3cccc([C@](O)(C(=O)OCC4CCN(Cc5ccccc5)CC4)c4ccccc4)c3)s2)ccc1CNC[C@H](O)c1ccc(O)c2[nH]c(=O)ccc12. The van der Waals surface area contributed by atoms with Crippen molar-refractivity contribution in [3.05, 3.63) is 188 Å². The predicted octanol–water partition coefficient (Wildman–Crippen LogP) is 7.42. The van der Waals surface area contributed by atoms with Gasteiger partial charge in [-0.2, -0.15) is 0 Å². The summed E-state index contributed by atoms with van der Waals surface area (Å²) in [5.41, 5.74) is 2.56. The van der Waals surface area contributed by atoms with Gasteiger partial charge in [-0.1, -0.05) is 91.0 Å². The fourth-order valence-corrected chi connectivity index (χ4v) is 9.31. The van der Waals surface area contributed by atoms with Gasteiger partial charge in [0.15, 0.2) is 0 Å². The Morgan fingerprint density at radius 3 is 2.38 bits per heavy atom. The van der Waals surface area contributed by atoms with E-state index in [1.807, 2.05) is 42.5 Å². The Labute approximate surface area is 381 Å². The van der Waals surface area contributed by atoms with Gasteiger partial charge < -0.3 is 40.4 Å². The van der Waals surface area contributed by atoms with Crippen molar-refractivity contribution in [2.24, 2.45) is 5.92 Å². The minimum absolute atomic E-state index is 0.0795. The topological polar surface area (TPSA) is 173 Å². The summed E-state index contributed by atoms with van der Waals surface area (Å²) >= 11 is 1.50. The molecule has 5 aromatic carbocycles. The summed E-state index contributed by atoms with van der Waals surface area (Å²) < 4.78 is 11.6. The van der Waals surface area contributed by atoms with Gasteiger partial charge in [0.05, 0.1) is 31.9 Å². The summed E-state index contributed by atoms with van der Waals surface area (Å²) in [4.78, 5) is 46.0. The Kier molecular flexibility index (Phi) is 14.2. The highest BCUT2D eigenvalue weighted by atomic mass is 32.1. The molecule has 0 spiro atoms. The Morgan fingerprint density at radius 2 is 1.62 bits per heavy atom. The highest BCUT2D eigenvalue weighted by molar-refractivity contribution is 7.15. The Balaban J connectivity index is 0.871. The number of pyridine rings is 1. The van der Waals surface area contributed by atoms with Gasteiger partial charge in [0, 0.05) is 57.5 Å². The largest absolute Gasteiger partial charge is 0.506 e. The highest BCUT2D eigenvalue weighted by Crippen LogP contribution is 2.36. The van der Waals surface area contributed by atoms with Gasteiger partial charge in [-0.15, -0.1) is 11.3 Å². The van der Waals surface area contributed by atoms with Crippen molar-refractivity contribution in [1.82, 2.24) is 20.5 Å². The van der Waals surface area contributed by atoms with Crippen LogP contribution in [-0.2, 0) is 34.8 Å². The molecule has 13 heteroatoms. The number of esters is 1. The van der Waals surface area contributed by atoms with E-state index in [0.29, 0.717) is 39.9 Å². The molecule has 0 saturated carbocycles. The number of hydrogen-bond acceptors (Lipinski definition) is 11. The van der Waals surface area contributed by atoms with E-state index < -0.39 is 17.7 Å². The molecule has 334 valence electrons. The Hall–Kier alpha value is -6.61. The molecule has 0 unspecified atom stereocenters. The molecule has 12 nitrogen and oxygen atoms in total. The normalized spacial score (nSPS) is 14.7. The first kappa shape index (κ1) is 45.0. The maximum absolute atomic E-state index is 14.0. The standard InChI is InChI=1S/C52H52N4O8S/c1-63-46-28-37(15-16-38(46)29-53-31-45(58)42-18-20-44(57)49-43(42)19-22-48(59)55-49)50(60)54-30-41-17-21-47(65-41)36-11-8-14-40(27-36)52(62,39-12-6-3-7-13-39)51(61)64-33-35-23-25-56(26-24-35)32-34-9-4-2-5-10-34/h2-22,27-28,35,45,53,57-58,62H,23-26,29-33H2,1H3,(H,54,60)(H,55,59)/t45-,52-/m0/s1. The molecule has 1 aliphatic rings. The summed E-state index contributed by atoms with van der Waals surface area (Å²) in [5.74, 6) is -0.359. The Bertz CT molecular complexity index is 2810. The zero-order valence-corrected chi connectivity index (χ0v) is 36.9. The number of methoxy groups -OCH3 is 1. The number of rotatable bonds is 17. The van der Waals surface area contributed by atoms with E-state index >= 15 is 0 Å². The summed E-state index contributed by atoms with van der Waals surface area (Å²) in [6.07, 6.45) is 0.875. The van der Waals surface area contributed by atoms with Crippen LogP contribution in [0.5, 0.6) is 11.5 Å². The number of likely N-dealkylation sites (tertiary alicyclic amines) is 1. The lowest BCUT2D eigenvalue weighted by molar-refractivity contribution is -0.164. The van der Waals surface area contributed by atoms with Crippen LogP contribution in [-0.4, -0.2) is 70.4 Å². The zero-order valence-electron chi connectivity index (χ0n) is 36.0. The van der Waals surface area contributed by atoms with Gasteiger partial charge in [0.25, 0.3) is 5.91 Å². The third-order valence-electron chi connectivity index (χ3n) is 12.0. The lowest BCUT2D eigenvalue weighted by atomic mass is 9.85. The number of carbonyl (C=O) groups is 2. The van der Waals surface area contributed by atoms with Crippen LogP contribution in [0.4, 0.5) is 0 Å². The first-order chi connectivity index (χ1) is 31.6.